The number of aliphatic imine (C=N–C) groups is 2. The monoisotopic (exact) mass is 401 g/mol. The Labute approximate surface area is 172 Å². The molecule has 7 heteroatoms. The third-order valence-electron chi connectivity index (χ3n) is 5.49. The molecule has 1 N–H and O–H groups in total. The minimum absolute atomic E-state index is 0.160. The molecule has 0 aliphatic carbocycles. The van der Waals surface area contributed by atoms with Crippen molar-refractivity contribution in [2.75, 3.05) is 13.1 Å². The molecule has 0 saturated carbocycles. The predicted octanol–water partition coefficient (Wildman–Crippen LogP) is 3.98. The number of hydrogen-bond donors (Lipinski definition) is 1. The number of hydrazine groups is 1. The number of fused-ring (bicyclic) bond motifs is 1. The van der Waals surface area contributed by atoms with Gasteiger partial charge in [-0.1, -0.05) is 20.8 Å². The number of carbonyl (C=O) groups excluding carboxylic acids is 1. The lowest BCUT2D eigenvalue weighted by molar-refractivity contribution is 0.0596. The Hall–Kier alpha value is -2.15. The Bertz CT molecular complexity index is 825. The lowest BCUT2D eigenvalue weighted by Crippen LogP contribution is -2.49. The maximum atomic E-state index is 13.1. The van der Waals surface area contributed by atoms with Gasteiger partial charge in [0.2, 0.25) is 6.29 Å². The van der Waals surface area contributed by atoms with E-state index < -0.39 is 0 Å². The van der Waals surface area contributed by atoms with E-state index in [1.54, 1.807) is 17.7 Å². The molecule has 1 aromatic heterocycles. The Kier molecular flexibility index (Phi) is 6.23. The molecule has 0 radical (unpaired) electrons. The molecule has 4 heterocycles. The fourth-order valence-electron chi connectivity index (χ4n) is 4.04. The van der Waals surface area contributed by atoms with Crippen LogP contribution in [0.3, 0.4) is 0 Å². The van der Waals surface area contributed by atoms with Crippen molar-refractivity contribution < 1.29 is 4.79 Å². The number of nitrogens with one attached hydrogen (secondary N) is 1. The minimum atomic E-state index is -0.213. The van der Waals surface area contributed by atoms with Crippen molar-refractivity contribution >= 4 is 29.3 Å². The van der Waals surface area contributed by atoms with E-state index in [9.17, 15) is 4.79 Å². The molecule has 1 fully saturated rings. The number of hydrogen-bond acceptors (Lipinski definition) is 6. The van der Waals surface area contributed by atoms with E-state index in [0.29, 0.717) is 5.92 Å². The molecule has 0 aromatic carbocycles. The number of likely N-dealkylation sites (tertiary alicyclic amines) is 1. The SMILES string of the molecule is CC.CC1=NC2N=CNN2C([C@@H]2CN(C(=O)c3cc(C)sc3C)CC[C@H]2C)=C1. The number of carbonyl (C=O) groups is 1. The molecule has 3 atom stereocenters. The highest BCUT2D eigenvalue weighted by atomic mass is 32.1. The summed E-state index contributed by atoms with van der Waals surface area (Å²) in [6.45, 7) is 13.9. The van der Waals surface area contributed by atoms with Crippen molar-refractivity contribution in [1.29, 1.82) is 0 Å². The number of nitrogens with zero attached hydrogens (tertiary/aromatic N) is 4. The second-order valence-corrected chi connectivity index (χ2v) is 8.87. The molecule has 28 heavy (non-hydrogen) atoms. The zero-order valence-electron chi connectivity index (χ0n) is 17.7. The van der Waals surface area contributed by atoms with Gasteiger partial charge in [0.05, 0.1) is 5.56 Å². The fourth-order valence-corrected chi connectivity index (χ4v) is 4.95. The quantitative estimate of drug-likeness (QED) is 0.815. The van der Waals surface area contributed by atoms with E-state index in [4.69, 9.17) is 0 Å². The van der Waals surface area contributed by atoms with Crippen LogP contribution in [0.5, 0.6) is 0 Å². The first-order chi connectivity index (χ1) is 13.4. The maximum absolute atomic E-state index is 13.1. The zero-order valence-corrected chi connectivity index (χ0v) is 18.5. The Morgan fingerprint density at radius 1 is 1.29 bits per heavy atom. The standard InChI is InChI=1S/C19H25N5OS.C2H6/c1-11-5-6-23(18(25)15-8-13(3)26-14(15)4)9-16(11)17-7-12(2)22-19-20-10-21-24(17)19;1-2/h7-8,10-11,16,19H,5-6,9H2,1-4H3,(H,20,21);1-2H3/t11-,16-,19?;/m1./s1. The molecular weight excluding hydrogens is 370 g/mol. The van der Waals surface area contributed by atoms with Crippen molar-refractivity contribution in [2.45, 2.75) is 54.3 Å². The Balaban J connectivity index is 0.00000109. The molecule has 0 spiro atoms. The van der Waals surface area contributed by atoms with Crippen LogP contribution in [-0.4, -0.2) is 47.2 Å². The number of thiophene rings is 1. The summed E-state index contributed by atoms with van der Waals surface area (Å²) in [4.78, 5) is 26.4. The lowest BCUT2D eigenvalue weighted by atomic mass is 9.83. The average molecular weight is 402 g/mol. The molecule has 1 amide bonds. The molecule has 3 aliphatic heterocycles. The summed E-state index contributed by atoms with van der Waals surface area (Å²) < 4.78 is 0. The number of allylic oxidation sites excluding steroid dienone is 1. The lowest BCUT2D eigenvalue weighted by Gasteiger charge is -2.42. The van der Waals surface area contributed by atoms with E-state index in [0.717, 1.165) is 35.7 Å². The van der Waals surface area contributed by atoms with E-state index in [1.165, 1.54) is 10.6 Å². The summed E-state index contributed by atoms with van der Waals surface area (Å²) in [5, 5.41) is 2.03. The number of piperidine rings is 1. The van der Waals surface area contributed by atoms with Crippen molar-refractivity contribution in [3.63, 3.8) is 0 Å². The van der Waals surface area contributed by atoms with Crippen molar-refractivity contribution in [1.82, 2.24) is 15.3 Å². The van der Waals surface area contributed by atoms with Gasteiger partial charge in [-0.25, -0.2) is 15.0 Å². The van der Waals surface area contributed by atoms with E-state index in [2.05, 4.69) is 35.3 Å². The molecule has 6 nitrogen and oxygen atoms in total. The normalized spacial score (nSPS) is 26.0. The van der Waals surface area contributed by atoms with Crippen LogP contribution in [0.4, 0.5) is 0 Å². The zero-order chi connectivity index (χ0) is 20.4. The average Bonchev–Trinajstić information content (AvgIpc) is 3.28. The maximum Gasteiger partial charge on any atom is 0.255 e. The van der Waals surface area contributed by atoms with Crippen LogP contribution in [0.2, 0.25) is 0 Å². The van der Waals surface area contributed by atoms with Crippen LogP contribution < -0.4 is 5.43 Å². The van der Waals surface area contributed by atoms with Gasteiger partial charge in [0, 0.05) is 40.2 Å². The second kappa shape index (κ2) is 8.47. The second-order valence-electron chi connectivity index (χ2n) is 7.41. The smallest absolute Gasteiger partial charge is 0.255 e. The molecule has 0 bridgehead atoms. The summed E-state index contributed by atoms with van der Waals surface area (Å²) in [5.74, 6) is 0.937. The topological polar surface area (TPSA) is 60.3 Å². The largest absolute Gasteiger partial charge is 0.338 e. The molecule has 4 rings (SSSR count). The summed E-state index contributed by atoms with van der Waals surface area (Å²) in [5.41, 5.74) is 6.23. The van der Waals surface area contributed by atoms with E-state index in [1.807, 2.05) is 43.7 Å². The van der Waals surface area contributed by atoms with E-state index in [-0.39, 0.29) is 18.1 Å². The highest BCUT2D eigenvalue weighted by Crippen LogP contribution is 2.35. The number of amides is 1. The Morgan fingerprint density at radius 2 is 2.04 bits per heavy atom. The van der Waals surface area contributed by atoms with Crippen LogP contribution in [0.1, 0.15) is 54.2 Å². The van der Waals surface area contributed by atoms with Crippen LogP contribution in [0.25, 0.3) is 0 Å². The fraction of sp³-hybridized carbons (Fsp3) is 0.571. The molecule has 152 valence electrons. The van der Waals surface area contributed by atoms with Gasteiger partial charge in [0.25, 0.3) is 5.91 Å². The van der Waals surface area contributed by atoms with Crippen LogP contribution in [0, 0.1) is 25.7 Å². The van der Waals surface area contributed by atoms with Gasteiger partial charge in [0.15, 0.2) is 0 Å². The van der Waals surface area contributed by atoms with Crippen molar-refractivity contribution in [3.8, 4) is 0 Å². The van der Waals surface area contributed by atoms with E-state index >= 15 is 0 Å². The minimum Gasteiger partial charge on any atom is -0.338 e. The molecule has 1 unspecified atom stereocenters. The predicted molar refractivity (Wildman–Crippen MR) is 117 cm³/mol. The van der Waals surface area contributed by atoms with Gasteiger partial charge >= 0.3 is 0 Å². The first-order valence-corrected chi connectivity index (χ1v) is 10.9. The van der Waals surface area contributed by atoms with Crippen LogP contribution in [0.15, 0.2) is 27.8 Å². The van der Waals surface area contributed by atoms with Gasteiger partial charge in [0.1, 0.15) is 6.34 Å². The third-order valence-corrected chi connectivity index (χ3v) is 6.45. The first kappa shape index (κ1) is 20.6. The summed E-state index contributed by atoms with van der Waals surface area (Å²) in [6.07, 6.45) is 4.63. The van der Waals surface area contributed by atoms with Gasteiger partial charge in [-0.2, -0.15) is 0 Å². The molecule has 1 saturated heterocycles. The van der Waals surface area contributed by atoms with Crippen molar-refractivity contribution in [3.05, 3.63) is 33.2 Å². The van der Waals surface area contributed by atoms with Gasteiger partial charge in [-0.05, 0) is 45.3 Å². The van der Waals surface area contributed by atoms with Gasteiger partial charge < -0.3 is 4.90 Å². The highest BCUT2D eigenvalue weighted by Gasteiger charge is 2.38. The number of rotatable bonds is 2. The summed E-state index contributed by atoms with van der Waals surface area (Å²) in [6, 6.07) is 2.03. The van der Waals surface area contributed by atoms with Gasteiger partial charge in [-0.15, -0.1) is 11.3 Å². The van der Waals surface area contributed by atoms with Crippen molar-refractivity contribution in [2.24, 2.45) is 21.8 Å². The van der Waals surface area contributed by atoms with Crippen LogP contribution >= 0.6 is 11.3 Å². The molecular formula is C21H31N5OS. The highest BCUT2D eigenvalue weighted by molar-refractivity contribution is 7.12. The summed E-state index contributed by atoms with van der Waals surface area (Å²) >= 11 is 1.69. The van der Waals surface area contributed by atoms with Crippen LogP contribution in [-0.2, 0) is 0 Å². The number of aryl methyl sites for hydroxylation is 2. The first-order valence-electron chi connectivity index (χ1n) is 10.1. The Morgan fingerprint density at radius 3 is 2.71 bits per heavy atom. The molecule has 1 aromatic rings. The van der Waals surface area contributed by atoms with Gasteiger partial charge in [-0.3, -0.25) is 10.2 Å². The molecule has 3 aliphatic rings. The third kappa shape index (κ3) is 3.85. The summed E-state index contributed by atoms with van der Waals surface area (Å²) in [7, 11) is 0.